The fourth-order valence-corrected chi connectivity index (χ4v) is 1.27. The summed E-state index contributed by atoms with van der Waals surface area (Å²) in [5, 5.41) is 0. The number of rotatable bonds is 7. The van der Waals surface area contributed by atoms with Crippen LogP contribution in [0.3, 0.4) is 0 Å². The van der Waals surface area contributed by atoms with E-state index < -0.39 is 0 Å². The van der Waals surface area contributed by atoms with E-state index in [2.05, 4.69) is 4.99 Å². The molecular formula is C7H15NO3Si. The third-order valence-corrected chi connectivity index (χ3v) is 2.21. The van der Waals surface area contributed by atoms with Gasteiger partial charge in [-0.1, -0.05) is 0 Å². The van der Waals surface area contributed by atoms with Crippen molar-refractivity contribution in [3.05, 3.63) is 0 Å². The predicted molar refractivity (Wildman–Crippen MR) is 48.9 cm³/mol. The maximum absolute atomic E-state index is 9.70. The highest BCUT2D eigenvalue weighted by Crippen LogP contribution is 2.01. The monoisotopic (exact) mass is 189 g/mol. The number of carbonyl (C=O) groups excluding carboxylic acids is 1. The molecule has 70 valence electrons. The van der Waals surface area contributed by atoms with Gasteiger partial charge in [-0.2, -0.15) is 0 Å². The van der Waals surface area contributed by atoms with Gasteiger partial charge in [-0.15, -0.1) is 0 Å². The number of methoxy groups -OCH3 is 1. The average Bonchev–Trinajstić information content (AvgIpc) is 2.10. The lowest BCUT2D eigenvalue weighted by atomic mass is 10.2. The molecule has 0 aromatic heterocycles. The second-order valence-electron chi connectivity index (χ2n) is 2.43. The van der Waals surface area contributed by atoms with Crippen LogP contribution in [0.15, 0.2) is 4.99 Å². The third-order valence-electron chi connectivity index (χ3n) is 1.55. The Hall–Kier alpha value is -0.483. The molecule has 0 saturated heterocycles. The lowest BCUT2D eigenvalue weighted by molar-refractivity contribution is 0.0813. The van der Waals surface area contributed by atoms with E-state index in [1.54, 1.807) is 7.11 Å². The molecule has 0 bridgehead atoms. The molecule has 0 amide bonds. The van der Waals surface area contributed by atoms with Crippen LogP contribution in [0.5, 0.6) is 0 Å². The van der Waals surface area contributed by atoms with Gasteiger partial charge in [-0.05, 0) is 12.8 Å². The summed E-state index contributed by atoms with van der Waals surface area (Å²) in [5.74, 6) is 0. The van der Waals surface area contributed by atoms with Crippen LogP contribution in [0.4, 0.5) is 0 Å². The molecule has 0 N–H and O–H groups in total. The predicted octanol–water partition coefficient (Wildman–Crippen LogP) is -0.586. The van der Waals surface area contributed by atoms with Crippen LogP contribution in [0.25, 0.3) is 0 Å². The summed E-state index contributed by atoms with van der Waals surface area (Å²) in [5.41, 5.74) is 0. The zero-order valence-corrected chi connectivity index (χ0v) is 9.58. The lowest BCUT2D eigenvalue weighted by Gasteiger charge is -2.13. The molecule has 0 heterocycles. The SMILES string of the molecule is COCC(CCCN=C=O)O[SiH3]. The molecule has 1 unspecified atom stereocenters. The van der Waals surface area contributed by atoms with Crippen LogP contribution < -0.4 is 0 Å². The highest BCUT2D eigenvalue weighted by Gasteiger charge is 2.04. The zero-order chi connectivity index (χ0) is 9.23. The molecule has 0 aliphatic rings. The Morgan fingerprint density at radius 1 is 1.67 bits per heavy atom. The van der Waals surface area contributed by atoms with Crippen LogP contribution >= 0.6 is 0 Å². The third kappa shape index (κ3) is 6.24. The van der Waals surface area contributed by atoms with Gasteiger partial charge in [0.05, 0.1) is 19.3 Å². The van der Waals surface area contributed by atoms with E-state index in [0.717, 1.165) is 23.3 Å². The van der Waals surface area contributed by atoms with Crippen LogP contribution in [-0.4, -0.2) is 42.9 Å². The second-order valence-corrected chi connectivity index (χ2v) is 2.90. The molecular weight excluding hydrogens is 174 g/mol. The van der Waals surface area contributed by atoms with E-state index in [-0.39, 0.29) is 6.10 Å². The molecule has 0 rings (SSSR count). The number of nitrogens with zero attached hydrogens (tertiary/aromatic N) is 1. The first-order chi connectivity index (χ1) is 5.85. The van der Waals surface area contributed by atoms with Crippen molar-refractivity contribution in [3.8, 4) is 0 Å². The first-order valence-corrected chi connectivity index (χ1v) is 4.72. The smallest absolute Gasteiger partial charge is 0.234 e. The molecule has 0 spiro atoms. The summed E-state index contributed by atoms with van der Waals surface area (Å²) in [7, 11) is 2.37. The normalized spacial score (nSPS) is 12.4. The minimum absolute atomic E-state index is 0.170. The van der Waals surface area contributed by atoms with Crippen molar-refractivity contribution in [2.45, 2.75) is 18.9 Å². The van der Waals surface area contributed by atoms with E-state index >= 15 is 0 Å². The molecule has 0 fully saturated rings. The van der Waals surface area contributed by atoms with Gasteiger partial charge in [0.1, 0.15) is 10.5 Å². The van der Waals surface area contributed by atoms with E-state index in [9.17, 15) is 4.79 Å². The number of hydrogen-bond donors (Lipinski definition) is 0. The van der Waals surface area contributed by atoms with E-state index in [1.165, 1.54) is 6.08 Å². The van der Waals surface area contributed by atoms with Gasteiger partial charge in [0.15, 0.2) is 0 Å². The molecule has 0 aliphatic carbocycles. The van der Waals surface area contributed by atoms with Gasteiger partial charge in [0.2, 0.25) is 6.08 Å². The van der Waals surface area contributed by atoms with Crippen molar-refractivity contribution < 1.29 is 14.0 Å². The molecule has 4 nitrogen and oxygen atoms in total. The maximum atomic E-state index is 9.70. The summed E-state index contributed by atoms with van der Waals surface area (Å²) >= 11 is 0. The summed E-state index contributed by atoms with van der Waals surface area (Å²) in [4.78, 5) is 13.2. The van der Waals surface area contributed by atoms with Crippen molar-refractivity contribution >= 4 is 16.6 Å². The Labute approximate surface area is 75.5 Å². The largest absolute Gasteiger partial charge is 0.423 e. The Morgan fingerprint density at radius 2 is 2.42 bits per heavy atom. The van der Waals surface area contributed by atoms with Crippen LogP contribution in [-0.2, 0) is 14.0 Å². The minimum atomic E-state index is 0.170. The number of hydrogen-bond acceptors (Lipinski definition) is 4. The highest BCUT2D eigenvalue weighted by molar-refractivity contribution is 5.98. The topological polar surface area (TPSA) is 47.9 Å². The van der Waals surface area contributed by atoms with Gasteiger partial charge < -0.3 is 9.16 Å². The minimum Gasteiger partial charge on any atom is -0.423 e. The van der Waals surface area contributed by atoms with Crippen molar-refractivity contribution in [1.82, 2.24) is 0 Å². The fourth-order valence-electron chi connectivity index (χ4n) is 0.899. The van der Waals surface area contributed by atoms with Crippen LogP contribution in [0.1, 0.15) is 12.8 Å². The van der Waals surface area contributed by atoms with Crippen molar-refractivity contribution in [3.63, 3.8) is 0 Å². The van der Waals surface area contributed by atoms with E-state index in [0.29, 0.717) is 13.2 Å². The summed E-state index contributed by atoms with van der Waals surface area (Å²) < 4.78 is 10.2. The van der Waals surface area contributed by atoms with Gasteiger partial charge in [0.25, 0.3) is 0 Å². The Balaban J connectivity index is 3.36. The fraction of sp³-hybridized carbons (Fsp3) is 0.857. The Bertz CT molecular complexity index is 148. The number of ether oxygens (including phenoxy) is 1. The van der Waals surface area contributed by atoms with Gasteiger partial charge in [-0.25, -0.2) is 9.79 Å². The second kappa shape index (κ2) is 8.61. The molecule has 1 atom stereocenters. The van der Waals surface area contributed by atoms with E-state index in [4.69, 9.17) is 9.16 Å². The summed E-state index contributed by atoms with van der Waals surface area (Å²) in [6, 6.07) is 0. The first kappa shape index (κ1) is 11.5. The molecule has 0 saturated carbocycles. The van der Waals surface area contributed by atoms with Gasteiger partial charge >= 0.3 is 0 Å². The molecule has 0 aromatic carbocycles. The molecule has 12 heavy (non-hydrogen) atoms. The quantitative estimate of drug-likeness (QED) is 0.233. The Kier molecular flexibility index (Phi) is 8.27. The zero-order valence-electron chi connectivity index (χ0n) is 7.58. The first-order valence-electron chi connectivity index (χ1n) is 3.90. The van der Waals surface area contributed by atoms with Crippen molar-refractivity contribution in [1.29, 1.82) is 0 Å². The standard InChI is InChI=1S/C7H15NO3Si/c1-10-5-7(11-12)3-2-4-8-6-9/h7H,2-5H2,1,12H3. The lowest BCUT2D eigenvalue weighted by Crippen LogP contribution is -2.17. The van der Waals surface area contributed by atoms with Gasteiger partial charge in [0, 0.05) is 7.11 Å². The van der Waals surface area contributed by atoms with E-state index in [1.807, 2.05) is 0 Å². The van der Waals surface area contributed by atoms with Crippen molar-refractivity contribution in [2.24, 2.45) is 4.99 Å². The van der Waals surface area contributed by atoms with Crippen LogP contribution in [0.2, 0.25) is 0 Å². The summed E-state index contributed by atoms with van der Waals surface area (Å²) in [6.07, 6.45) is 3.42. The summed E-state index contributed by atoms with van der Waals surface area (Å²) in [6.45, 7) is 1.16. The van der Waals surface area contributed by atoms with Crippen molar-refractivity contribution in [2.75, 3.05) is 20.3 Å². The Morgan fingerprint density at radius 3 is 2.92 bits per heavy atom. The molecule has 0 aliphatic heterocycles. The maximum Gasteiger partial charge on any atom is 0.234 e. The van der Waals surface area contributed by atoms with Gasteiger partial charge in [-0.3, -0.25) is 0 Å². The number of aliphatic imine (C=N–C) groups is 1. The van der Waals surface area contributed by atoms with Crippen LogP contribution in [0, 0.1) is 0 Å². The highest BCUT2D eigenvalue weighted by atomic mass is 28.2. The molecule has 0 radical (unpaired) electrons. The molecule has 0 aromatic rings. The number of isocyanates is 1. The molecule has 5 heteroatoms. The average molecular weight is 189 g/mol.